The van der Waals surface area contributed by atoms with E-state index < -0.39 is 36.5 Å². The van der Waals surface area contributed by atoms with Crippen LogP contribution in [0.5, 0.6) is 0 Å². The van der Waals surface area contributed by atoms with Gasteiger partial charge < -0.3 is 10.1 Å². The van der Waals surface area contributed by atoms with Crippen LogP contribution < -0.4 is 5.32 Å². The zero-order valence-electron chi connectivity index (χ0n) is 16.1. The van der Waals surface area contributed by atoms with Crippen LogP contribution >= 0.6 is 23.4 Å². The molecule has 1 N–H and O–H groups in total. The Bertz CT molecular complexity index is 945. The van der Waals surface area contributed by atoms with Crippen molar-refractivity contribution in [3.8, 4) is 0 Å². The van der Waals surface area contributed by atoms with E-state index in [1.807, 2.05) is 6.26 Å². The van der Waals surface area contributed by atoms with Gasteiger partial charge in [0, 0.05) is 10.6 Å². The average molecular weight is 447 g/mol. The van der Waals surface area contributed by atoms with Gasteiger partial charge in [-0.25, -0.2) is 9.69 Å². The van der Waals surface area contributed by atoms with Gasteiger partial charge in [-0.3, -0.25) is 14.4 Å². The molecule has 0 saturated heterocycles. The third-order valence-corrected chi connectivity index (χ3v) is 5.42. The fourth-order valence-corrected chi connectivity index (χ4v) is 3.51. The summed E-state index contributed by atoms with van der Waals surface area (Å²) in [6.45, 7) is -0.516. The molecule has 9 heteroatoms. The lowest BCUT2D eigenvalue weighted by molar-refractivity contribution is -0.148. The highest BCUT2D eigenvalue weighted by atomic mass is 35.5. The van der Waals surface area contributed by atoms with Crippen molar-refractivity contribution in [3.05, 3.63) is 70.2 Å². The van der Waals surface area contributed by atoms with E-state index in [2.05, 4.69) is 5.32 Å². The van der Waals surface area contributed by atoms with Crippen molar-refractivity contribution in [3.63, 3.8) is 0 Å². The molecule has 156 valence electrons. The highest BCUT2D eigenvalue weighted by Gasteiger charge is 2.36. The van der Waals surface area contributed by atoms with E-state index in [0.29, 0.717) is 22.8 Å². The maximum Gasteiger partial charge on any atom is 0.330 e. The van der Waals surface area contributed by atoms with E-state index in [0.717, 1.165) is 4.90 Å². The fraction of sp³-hybridized carbons (Fsp3) is 0.238. The van der Waals surface area contributed by atoms with Crippen molar-refractivity contribution in [2.45, 2.75) is 12.5 Å². The smallest absolute Gasteiger partial charge is 0.330 e. The quantitative estimate of drug-likeness (QED) is 0.495. The van der Waals surface area contributed by atoms with E-state index in [1.165, 1.54) is 11.8 Å². The summed E-state index contributed by atoms with van der Waals surface area (Å²) < 4.78 is 5.21. The van der Waals surface area contributed by atoms with Crippen molar-refractivity contribution in [1.82, 2.24) is 10.2 Å². The van der Waals surface area contributed by atoms with E-state index in [1.54, 1.807) is 48.5 Å². The Morgan fingerprint density at radius 3 is 2.23 bits per heavy atom. The maximum absolute atomic E-state index is 12.6. The molecule has 0 aromatic heterocycles. The first kappa shape index (κ1) is 21.9. The van der Waals surface area contributed by atoms with Crippen LogP contribution in [0.25, 0.3) is 0 Å². The van der Waals surface area contributed by atoms with Gasteiger partial charge in [-0.15, -0.1) is 0 Å². The molecule has 0 saturated carbocycles. The van der Waals surface area contributed by atoms with Gasteiger partial charge in [0.2, 0.25) is 0 Å². The van der Waals surface area contributed by atoms with Gasteiger partial charge in [-0.2, -0.15) is 11.8 Å². The average Bonchev–Trinajstić information content (AvgIpc) is 3.00. The van der Waals surface area contributed by atoms with Gasteiger partial charge in [-0.1, -0.05) is 23.7 Å². The van der Waals surface area contributed by atoms with Gasteiger partial charge in [0.1, 0.15) is 6.04 Å². The van der Waals surface area contributed by atoms with Crippen molar-refractivity contribution in [2.24, 2.45) is 0 Å². The summed E-state index contributed by atoms with van der Waals surface area (Å²) in [5.74, 6) is -1.60. The van der Waals surface area contributed by atoms with Crippen LogP contribution in [0.4, 0.5) is 0 Å². The molecule has 0 bridgehead atoms. The second-order valence-corrected chi connectivity index (χ2v) is 7.91. The monoisotopic (exact) mass is 446 g/mol. The number of hydrogen-bond acceptors (Lipinski definition) is 6. The molecule has 0 radical (unpaired) electrons. The molecule has 3 amide bonds. The number of rotatable bonds is 8. The molecule has 1 unspecified atom stereocenters. The van der Waals surface area contributed by atoms with Gasteiger partial charge in [-0.05, 0) is 54.8 Å². The zero-order valence-corrected chi connectivity index (χ0v) is 17.7. The number of thioether (sulfide) groups is 1. The molecule has 1 aliphatic rings. The molecule has 1 heterocycles. The third-order valence-electron chi connectivity index (χ3n) is 4.52. The number of carbonyl (C=O) groups excluding carboxylic acids is 4. The molecule has 0 fully saturated rings. The number of amides is 3. The highest BCUT2D eigenvalue weighted by molar-refractivity contribution is 7.98. The zero-order chi connectivity index (χ0) is 21.7. The first-order valence-corrected chi connectivity index (χ1v) is 10.9. The van der Waals surface area contributed by atoms with Gasteiger partial charge >= 0.3 is 5.97 Å². The first-order valence-electron chi connectivity index (χ1n) is 9.09. The predicted molar refractivity (Wildman–Crippen MR) is 114 cm³/mol. The molecule has 30 heavy (non-hydrogen) atoms. The van der Waals surface area contributed by atoms with Gasteiger partial charge in [0.25, 0.3) is 17.7 Å². The second kappa shape index (κ2) is 9.77. The Labute approximate surface area is 182 Å². The number of halogens is 1. The number of carbonyl (C=O) groups is 4. The number of imide groups is 1. The standard InChI is InChI=1S/C21H19ClN2O5S/c1-30-11-10-17(23-18(25)13-6-8-14(22)9-7-13)21(28)29-12-24-19(26)15-4-2-3-5-16(15)20(24)27/h2-9,17H,10-12H2,1H3,(H,23,25). The molecule has 3 rings (SSSR count). The van der Waals surface area contributed by atoms with Gasteiger partial charge in [0.15, 0.2) is 6.73 Å². The Morgan fingerprint density at radius 1 is 1.07 bits per heavy atom. The van der Waals surface area contributed by atoms with Crippen LogP contribution in [0.2, 0.25) is 5.02 Å². The third kappa shape index (κ3) is 4.83. The molecule has 2 aromatic carbocycles. The summed E-state index contributed by atoms with van der Waals surface area (Å²) in [7, 11) is 0. The highest BCUT2D eigenvalue weighted by Crippen LogP contribution is 2.22. The van der Waals surface area contributed by atoms with E-state index in [9.17, 15) is 19.2 Å². The van der Waals surface area contributed by atoms with Crippen LogP contribution in [0.15, 0.2) is 48.5 Å². The fourth-order valence-electron chi connectivity index (χ4n) is 2.91. The van der Waals surface area contributed by atoms with Crippen LogP contribution in [0.1, 0.15) is 37.5 Å². The summed E-state index contributed by atoms with van der Waals surface area (Å²) >= 11 is 7.35. The molecule has 2 aromatic rings. The second-order valence-electron chi connectivity index (χ2n) is 6.49. The number of fused-ring (bicyclic) bond motifs is 1. The summed E-state index contributed by atoms with van der Waals surface area (Å²) in [5.41, 5.74) is 0.892. The van der Waals surface area contributed by atoms with Crippen LogP contribution in [0, 0.1) is 0 Å². The lowest BCUT2D eigenvalue weighted by Gasteiger charge is -2.20. The van der Waals surface area contributed by atoms with Crippen molar-refractivity contribution in [2.75, 3.05) is 18.7 Å². The Kier molecular flexibility index (Phi) is 7.12. The van der Waals surface area contributed by atoms with Crippen molar-refractivity contribution < 1.29 is 23.9 Å². The molecule has 0 spiro atoms. The summed E-state index contributed by atoms with van der Waals surface area (Å²) in [4.78, 5) is 50.7. The number of ether oxygens (including phenoxy) is 1. The lowest BCUT2D eigenvalue weighted by atomic mass is 10.1. The normalized spacial score (nSPS) is 13.7. The molecule has 7 nitrogen and oxygen atoms in total. The summed E-state index contributed by atoms with van der Waals surface area (Å²) in [5, 5.41) is 3.14. The van der Waals surface area contributed by atoms with E-state index in [4.69, 9.17) is 16.3 Å². The van der Waals surface area contributed by atoms with Crippen LogP contribution in [-0.4, -0.2) is 53.4 Å². The molecule has 0 aliphatic carbocycles. The maximum atomic E-state index is 12.6. The van der Waals surface area contributed by atoms with E-state index in [-0.39, 0.29) is 11.1 Å². The van der Waals surface area contributed by atoms with Crippen LogP contribution in [-0.2, 0) is 9.53 Å². The van der Waals surface area contributed by atoms with Crippen molar-refractivity contribution in [1.29, 1.82) is 0 Å². The number of hydrogen-bond donors (Lipinski definition) is 1. The van der Waals surface area contributed by atoms with Crippen LogP contribution in [0.3, 0.4) is 0 Å². The number of esters is 1. The van der Waals surface area contributed by atoms with E-state index >= 15 is 0 Å². The predicted octanol–water partition coefficient (Wildman–Crippen LogP) is 2.99. The largest absolute Gasteiger partial charge is 0.442 e. The first-order chi connectivity index (χ1) is 14.4. The Morgan fingerprint density at radius 2 is 1.67 bits per heavy atom. The van der Waals surface area contributed by atoms with Gasteiger partial charge in [0.05, 0.1) is 11.1 Å². The van der Waals surface area contributed by atoms with Crippen molar-refractivity contribution >= 4 is 47.1 Å². The SMILES string of the molecule is CSCCC(NC(=O)c1ccc(Cl)cc1)C(=O)OCN1C(=O)c2ccccc2C1=O. The Balaban J connectivity index is 1.64. The number of benzene rings is 2. The molecule has 1 aliphatic heterocycles. The minimum atomic E-state index is -0.921. The summed E-state index contributed by atoms with van der Waals surface area (Å²) in [6.07, 6.45) is 2.21. The minimum absolute atomic E-state index is 0.272. The minimum Gasteiger partial charge on any atom is -0.442 e. The molecule has 1 atom stereocenters. The molecular weight excluding hydrogens is 428 g/mol. The molecular formula is C21H19ClN2O5S. The number of nitrogens with one attached hydrogen (secondary N) is 1. The lowest BCUT2D eigenvalue weighted by Crippen LogP contribution is -2.44. The summed E-state index contributed by atoms with van der Waals surface area (Å²) in [6, 6.07) is 11.7. The number of nitrogens with zero attached hydrogens (tertiary/aromatic N) is 1. The Hall–Kier alpha value is -2.84. The topological polar surface area (TPSA) is 92.8 Å².